The Hall–Kier alpha value is -1.24. The Morgan fingerprint density at radius 2 is 2.05 bits per heavy atom. The highest BCUT2D eigenvalue weighted by atomic mass is 32.2. The van der Waals surface area contributed by atoms with Crippen LogP contribution < -0.4 is 0 Å². The summed E-state index contributed by atoms with van der Waals surface area (Å²) in [6, 6.07) is 8.83. The van der Waals surface area contributed by atoms with Gasteiger partial charge in [-0.2, -0.15) is 0 Å². The lowest BCUT2D eigenvalue weighted by molar-refractivity contribution is -0.148. The molecule has 1 aromatic carbocycles. The molecule has 0 saturated carbocycles. The fourth-order valence-corrected chi connectivity index (χ4v) is 3.31. The topological polar surface area (TPSA) is 55.8 Å². The third-order valence-electron chi connectivity index (χ3n) is 3.78. The van der Waals surface area contributed by atoms with E-state index < -0.39 is 16.8 Å². The molecule has 1 amide bonds. The van der Waals surface area contributed by atoms with Gasteiger partial charge in [0.1, 0.15) is 12.3 Å². The molecule has 0 N–H and O–H groups in total. The Morgan fingerprint density at radius 3 is 2.64 bits per heavy atom. The van der Waals surface area contributed by atoms with E-state index in [-0.39, 0.29) is 24.5 Å². The number of ether oxygens (including phenoxy) is 1. The number of hydrogen-bond donors (Lipinski definition) is 0. The summed E-state index contributed by atoms with van der Waals surface area (Å²) in [4.78, 5) is 14.8. The molecule has 0 spiro atoms. The molecule has 1 heterocycles. The van der Waals surface area contributed by atoms with Crippen molar-refractivity contribution in [2.75, 3.05) is 13.2 Å². The van der Waals surface area contributed by atoms with Crippen molar-refractivity contribution in [3.8, 4) is 0 Å². The standard InChI is InChI=1S/C16H23NO4S/c1-12(2)14-10-20-16(3,4)17(14)15(18)11-21-22(19)13-8-6-5-7-9-13/h5-9,12,14H,10-11H2,1-4H3. The summed E-state index contributed by atoms with van der Waals surface area (Å²) < 4.78 is 23.0. The molecule has 2 rings (SSSR count). The summed E-state index contributed by atoms with van der Waals surface area (Å²) in [5.41, 5.74) is -0.663. The maximum Gasteiger partial charge on any atom is 0.252 e. The van der Waals surface area contributed by atoms with Gasteiger partial charge in [0.25, 0.3) is 5.91 Å². The molecular weight excluding hydrogens is 302 g/mol. The normalized spacial score (nSPS) is 22.0. The van der Waals surface area contributed by atoms with Crippen molar-refractivity contribution >= 4 is 17.0 Å². The minimum absolute atomic E-state index is 0.0104. The van der Waals surface area contributed by atoms with Gasteiger partial charge in [-0.05, 0) is 31.9 Å². The Bertz CT molecular complexity index is 544. The number of hydrogen-bond acceptors (Lipinski definition) is 4. The van der Waals surface area contributed by atoms with E-state index in [1.165, 1.54) is 0 Å². The maximum absolute atomic E-state index is 12.5. The molecule has 1 aliphatic heterocycles. The Kier molecular flexibility index (Phi) is 5.36. The summed E-state index contributed by atoms with van der Waals surface area (Å²) in [5, 5.41) is 0. The van der Waals surface area contributed by atoms with E-state index >= 15 is 0 Å². The molecule has 2 unspecified atom stereocenters. The van der Waals surface area contributed by atoms with Gasteiger partial charge in [0.2, 0.25) is 0 Å². The molecule has 2 atom stereocenters. The highest BCUT2D eigenvalue weighted by molar-refractivity contribution is 7.80. The second-order valence-electron chi connectivity index (χ2n) is 6.14. The molecule has 5 nitrogen and oxygen atoms in total. The number of amides is 1. The van der Waals surface area contributed by atoms with Crippen molar-refractivity contribution in [2.24, 2.45) is 5.92 Å². The van der Waals surface area contributed by atoms with Crippen molar-refractivity contribution in [2.45, 2.75) is 44.4 Å². The highest BCUT2D eigenvalue weighted by Gasteiger charge is 2.44. The van der Waals surface area contributed by atoms with E-state index in [0.29, 0.717) is 11.5 Å². The summed E-state index contributed by atoms with van der Waals surface area (Å²) in [6.07, 6.45) is 0. The first-order valence-corrected chi connectivity index (χ1v) is 8.46. The zero-order valence-electron chi connectivity index (χ0n) is 13.4. The van der Waals surface area contributed by atoms with E-state index in [1.807, 2.05) is 19.9 Å². The lowest BCUT2D eigenvalue weighted by Crippen LogP contribution is -2.50. The number of nitrogens with zero attached hydrogens (tertiary/aromatic N) is 1. The fourth-order valence-electron chi connectivity index (χ4n) is 2.58. The second kappa shape index (κ2) is 6.89. The zero-order valence-corrected chi connectivity index (χ0v) is 14.3. The highest BCUT2D eigenvalue weighted by Crippen LogP contribution is 2.31. The van der Waals surface area contributed by atoms with Gasteiger partial charge in [-0.15, -0.1) is 0 Å². The van der Waals surface area contributed by atoms with E-state index in [1.54, 1.807) is 29.2 Å². The van der Waals surface area contributed by atoms with E-state index in [0.717, 1.165) is 0 Å². The van der Waals surface area contributed by atoms with E-state index in [2.05, 4.69) is 13.8 Å². The van der Waals surface area contributed by atoms with Gasteiger partial charge in [-0.1, -0.05) is 32.0 Å². The maximum atomic E-state index is 12.5. The molecule has 22 heavy (non-hydrogen) atoms. The van der Waals surface area contributed by atoms with Crippen LogP contribution in [0.2, 0.25) is 0 Å². The van der Waals surface area contributed by atoms with Crippen LogP contribution in [0, 0.1) is 5.92 Å². The zero-order chi connectivity index (χ0) is 16.3. The number of benzene rings is 1. The first-order chi connectivity index (χ1) is 10.3. The third-order valence-corrected chi connectivity index (χ3v) is 4.77. The molecular formula is C16H23NO4S. The molecule has 1 aromatic rings. The Morgan fingerprint density at radius 1 is 1.41 bits per heavy atom. The summed E-state index contributed by atoms with van der Waals surface area (Å²) in [6.45, 7) is 8.12. The molecule has 0 bridgehead atoms. The fraction of sp³-hybridized carbons (Fsp3) is 0.562. The predicted octanol–water partition coefficient (Wildman–Crippen LogP) is 2.35. The molecule has 0 aliphatic carbocycles. The van der Waals surface area contributed by atoms with Crippen molar-refractivity contribution in [3.63, 3.8) is 0 Å². The SMILES string of the molecule is CC(C)C1COC(C)(C)N1C(=O)COS(=O)c1ccccc1. The molecule has 0 radical (unpaired) electrons. The minimum Gasteiger partial charge on any atom is -0.354 e. The Labute approximate surface area is 134 Å². The molecule has 1 saturated heterocycles. The summed E-state index contributed by atoms with van der Waals surface area (Å²) >= 11 is -1.64. The van der Waals surface area contributed by atoms with Crippen LogP contribution in [0.1, 0.15) is 27.7 Å². The van der Waals surface area contributed by atoms with Crippen LogP contribution in [-0.4, -0.2) is 40.0 Å². The predicted molar refractivity (Wildman–Crippen MR) is 84.3 cm³/mol. The van der Waals surface area contributed by atoms with Crippen molar-refractivity contribution in [1.29, 1.82) is 0 Å². The first kappa shape index (κ1) is 17.1. The average Bonchev–Trinajstić information content (AvgIpc) is 2.81. The quantitative estimate of drug-likeness (QED) is 0.834. The molecule has 122 valence electrons. The third kappa shape index (κ3) is 3.74. The number of carbonyl (C=O) groups is 1. The molecule has 0 aromatic heterocycles. The van der Waals surface area contributed by atoms with Crippen LogP contribution in [0.25, 0.3) is 0 Å². The second-order valence-corrected chi connectivity index (χ2v) is 7.32. The molecule has 6 heteroatoms. The van der Waals surface area contributed by atoms with Gasteiger partial charge in [-0.25, -0.2) is 4.21 Å². The van der Waals surface area contributed by atoms with Gasteiger partial charge in [0, 0.05) is 0 Å². The molecule has 1 fully saturated rings. The monoisotopic (exact) mass is 325 g/mol. The lowest BCUT2D eigenvalue weighted by atomic mass is 10.0. The van der Waals surface area contributed by atoms with E-state index in [4.69, 9.17) is 8.92 Å². The summed E-state index contributed by atoms with van der Waals surface area (Å²) in [5.74, 6) is 0.0795. The number of rotatable bonds is 5. The van der Waals surface area contributed by atoms with Gasteiger partial charge < -0.3 is 9.64 Å². The molecule has 1 aliphatic rings. The van der Waals surface area contributed by atoms with Crippen molar-refractivity contribution < 1.29 is 17.9 Å². The largest absolute Gasteiger partial charge is 0.354 e. The van der Waals surface area contributed by atoms with Crippen LogP contribution in [0.5, 0.6) is 0 Å². The van der Waals surface area contributed by atoms with Gasteiger partial charge >= 0.3 is 0 Å². The first-order valence-electron chi connectivity index (χ1n) is 7.39. The average molecular weight is 325 g/mol. The van der Waals surface area contributed by atoms with Crippen molar-refractivity contribution in [1.82, 2.24) is 4.90 Å². The van der Waals surface area contributed by atoms with Gasteiger partial charge in [0.15, 0.2) is 11.1 Å². The van der Waals surface area contributed by atoms with Gasteiger partial charge in [0.05, 0.1) is 17.5 Å². The summed E-state index contributed by atoms with van der Waals surface area (Å²) in [7, 11) is 0. The van der Waals surface area contributed by atoms with Crippen LogP contribution in [-0.2, 0) is 24.8 Å². The van der Waals surface area contributed by atoms with Crippen molar-refractivity contribution in [3.05, 3.63) is 30.3 Å². The number of carbonyl (C=O) groups excluding carboxylic acids is 1. The smallest absolute Gasteiger partial charge is 0.252 e. The van der Waals surface area contributed by atoms with Crippen LogP contribution in [0.15, 0.2) is 35.2 Å². The lowest BCUT2D eigenvalue weighted by Gasteiger charge is -2.35. The van der Waals surface area contributed by atoms with Gasteiger partial charge in [-0.3, -0.25) is 8.98 Å². The van der Waals surface area contributed by atoms with Crippen LogP contribution in [0.3, 0.4) is 0 Å². The minimum atomic E-state index is -1.64. The Balaban J connectivity index is 2.00. The van der Waals surface area contributed by atoms with E-state index in [9.17, 15) is 9.00 Å². The van der Waals surface area contributed by atoms with Crippen LogP contribution in [0.4, 0.5) is 0 Å². The van der Waals surface area contributed by atoms with Crippen LogP contribution >= 0.6 is 0 Å².